The monoisotopic (exact) mass is 281 g/mol. The minimum atomic E-state index is -0.839. The van der Waals surface area contributed by atoms with E-state index in [1.54, 1.807) is 7.11 Å². The molecule has 1 fully saturated rings. The fourth-order valence-corrected chi connectivity index (χ4v) is 2.39. The summed E-state index contributed by atoms with van der Waals surface area (Å²) in [6.07, 6.45) is -0.188. The van der Waals surface area contributed by atoms with Crippen molar-refractivity contribution in [2.75, 3.05) is 26.8 Å². The van der Waals surface area contributed by atoms with E-state index in [9.17, 15) is 10.2 Å². The summed E-state index contributed by atoms with van der Waals surface area (Å²) in [6.45, 7) is 3.24. The molecule has 112 valence electrons. The maximum absolute atomic E-state index is 10.3. The van der Waals surface area contributed by atoms with Gasteiger partial charge < -0.3 is 25.0 Å². The first-order valence-electron chi connectivity index (χ1n) is 6.92. The average Bonchev–Trinajstić information content (AvgIpc) is 2.78. The Morgan fingerprint density at radius 3 is 3.00 bits per heavy atom. The molecule has 5 heteroatoms. The van der Waals surface area contributed by atoms with Gasteiger partial charge in [-0.2, -0.15) is 0 Å². The van der Waals surface area contributed by atoms with Gasteiger partial charge in [-0.15, -0.1) is 0 Å². The minimum Gasteiger partial charge on any atom is -0.497 e. The molecule has 0 spiro atoms. The predicted molar refractivity (Wildman–Crippen MR) is 75.8 cm³/mol. The Kier molecular flexibility index (Phi) is 4.99. The Morgan fingerprint density at radius 1 is 1.55 bits per heavy atom. The van der Waals surface area contributed by atoms with Crippen LogP contribution in [0, 0.1) is 0 Å². The fraction of sp³-hybridized carbons (Fsp3) is 0.600. The van der Waals surface area contributed by atoms with Crippen molar-refractivity contribution in [2.24, 2.45) is 0 Å². The number of hydrogen-bond donors (Lipinski definition) is 3. The van der Waals surface area contributed by atoms with E-state index in [0.717, 1.165) is 11.3 Å². The number of hydrogen-bond acceptors (Lipinski definition) is 5. The number of aliphatic hydroxyl groups is 2. The molecule has 3 unspecified atom stereocenters. The van der Waals surface area contributed by atoms with Gasteiger partial charge in [0, 0.05) is 26.1 Å². The Bertz CT molecular complexity index is 440. The summed E-state index contributed by atoms with van der Waals surface area (Å²) in [4.78, 5) is 0. The van der Waals surface area contributed by atoms with E-state index in [0.29, 0.717) is 26.1 Å². The smallest absolute Gasteiger partial charge is 0.119 e. The van der Waals surface area contributed by atoms with E-state index in [1.807, 2.05) is 31.2 Å². The van der Waals surface area contributed by atoms with Crippen LogP contribution < -0.4 is 10.1 Å². The Labute approximate surface area is 119 Å². The lowest BCUT2D eigenvalue weighted by Crippen LogP contribution is -2.46. The van der Waals surface area contributed by atoms with Gasteiger partial charge in [0.1, 0.15) is 11.4 Å². The van der Waals surface area contributed by atoms with Crippen LogP contribution in [0.4, 0.5) is 0 Å². The standard InChI is InChI=1S/C15H23NO4/c1-11-15(18,6-7-20-11)10-16-9-14(17)12-4-3-5-13(8-12)19-2/h3-5,8,11,14,16-18H,6-7,9-10H2,1-2H3. The highest BCUT2D eigenvalue weighted by molar-refractivity contribution is 5.29. The van der Waals surface area contributed by atoms with E-state index in [4.69, 9.17) is 9.47 Å². The number of aliphatic hydroxyl groups excluding tert-OH is 1. The zero-order valence-corrected chi connectivity index (χ0v) is 12.0. The lowest BCUT2D eigenvalue weighted by Gasteiger charge is -2.27. The molecule has 1 aliphatic heterocycles. The molecular formula is C15H23NO4. The van der Waals surface area contributed by atoms with Gasteiger partial charge in [-0.1, -0.05) is 12.1 Å². The lowest BCUT2D eigenvalue weighted by molar-refractivity contribution is -0.0274. The molecule has 1 aliphatic rings. The number of ether oxygens (including phenoxy) is 2. The third-order valence-corrected chi connectivity index (χ3v) is 3.91. The molecule has 3 atom stereocenters. The van der Waals surface area contributed by atoms with Crippen molar-refractivity contribution < 1.29 is 19.7 Å². The second-order valence-electron chi connectivity index (χ2n) is 5.29. The molecule has 0 amide bonds. The van der Waals surface area contributed by atoms with E-state index >= 15 is 0 Å². The molecule has 0 bridgehead atoms. The molecule has 0 aliphatic carbocycles. The Balaban J connectivity index is 1.84. The number of rotatable bonds is 6. The predicted octanol–water partition coefficient (Wildman–Crippen LogP) is 0.858. The van der Waals surface area contributed by atoms with Gasteiger partial charge in [-0.3, -0.25) is 0 Å². The van der Waals surface area contributed by atoms with Crippen molar-refractivity contribution in [1.82, 2.24) is 5.32 Å². The number of nitrogens with one attached hydrogen (secondary N) is 1. The fourth-order valence-electron chi connectivity index (χ4n) is 2.39. The quantitative estimate of drug-likeness (QED) is 0.721. The maximum atomic E-state index is 10.3. The lowest BCUT2D eigenvalue weighted by atomic mass is 9.96. The largest absolute Gasteiger partial charge is 0.497 e. The highest BCUT2D eigenvalue weighted by Crippen LogP contribution is 2.25. The average molecular weight is 281 g/mol. The van der Waals surface area contributed by atoms with Crippen LogP contribution in [-0.4, -0.2) is 48.7 Å². The molecule has 1 aromatic carbocycles. The van der Waals surface area contributed by atoms with Crippen LogP contribution in [0.1, 0.15) is 25.0 Å². The van der Waals surface area contributed by atoms with Crippen molar-refractivity contribution in [2.45, 2.75) is 31.2 Å². The van der Waals surface area contributed by atoms with Crippen LogP contribution >= 0.6 is 0 Å². The van der Waals surface area contributed by atoms with Gasteiger partial charge in [-0.05, 0) is 24.6 Å². The summed E-state index contributed by atoms with van der Waals surface area (Å²) in [7, 11) is 1.60. The highest BCUT2D eigenvalue weighted by atomic mass is 16.5. The number of methoxy groups -OCH3 is 1. The van der Waals surface area contributed by atoms with E-state index in [1.165, 1.54) is 0 Å². The van der Waals surface area contributed by atoms with Gasteiger partial charge in [0.2, 0.25) is 0 Å². The minimum absolute atomic E-state index is 0.177. The molecule has 3 N–H and O–H groups in total. The summed E-state index contributed by atoms with van der Waals surface area (Å²) in [5, 5.41) is 23.6. The normalized spacial score (nSPS) is 27.5. The van der Waals surface area contributed by atoms with Crippen LogP contribution in [0.3, 0.4) is 0 Å². The van der Waals surface area contributed by atoms with Crippen molar-refractivity contribution >= 4 is 0 Å². The molecule has 0 saturated carbocycles. The molecule has 1 saturated heterocycles. The first-order valence-corrected chi connectivity index (χ1v) is 6.92. The topological polar surface area (TPSA) is 71.0 Å². The summed E-state index contributed by atoms with van der Waals surface area (Å²) < 4.78 is 10.5. The summed E-state index contributed by atoms with van der Waals surface area (Å²) >= 11 is 0. The van der Waals surface area contributed by atoms with Gasteiger partial charge >= 0.3 is 0 Å². The second kappa shape index (κ2) is 6.54. The summed E-state index contributed by atoms with van der Waals surface area (Å²) in [5.41, 5.74) is -0.0479. The molecule has 0 aromatic heterocycles. The summed E-state index contributed by atoms with van der Waals surface area (Å²) in [6, 6.07) is 7.34. The third kappa shape index (κ3) is 3.49. The van der Waals surface area contributed by atoms with Crippen molar-refractivity contribution in [3.8, 4) is 5.75 Å². The van der Waals surface area contributed by atoms with E-state index in [2.05, 4.69) is 5.32 Å². The van der Waals surface area contributed by atoms with Crippen LogP contribution in [0.5, 0.6) is 5.75 Å². The van der Waals surface area contributed by atoms with Gasteiger partial charge in [0.25, 0.3) is 0 Å². The molecule has 2 rings (SSSR count). The first kappa shape index (κ1) is 15.3. The van der Waals surface area contributed by atoms with Crippen molar-refractivity contribution in [1.29, 1.82) is 0 Å². The van der Waals surface area contributed by atoms with E-state index in [-0.39, 0.29) is 6.10 Å². The van der Waals surface area contributed by atoms with Crippen molar-refractivity contribution in [3.63, 3.8) is 0 Å². The molecule has 1 heterocycles. The molecule has 5 nitrogen and oxygen atoms in total. The highest BCUT2D eigenvalue weighted by Gasteiger charge is 2.39. The van der Waals surface area contributed by atoms with Crippen LogP contribution in [0.25, 0.3) is 0 Å². The van der Waals surface area contributed by atoms with Gasteiger partial charge in [-0.25, -0.2) is 0 Å². The Morgan fingerprint density at radius 2 is 2.35 bits per heavy atom. The molecule has 20 heavy (non-hydrogen) atoms. The zero-order chi connectivity index (χ0) is 14.6. The van der Waals surface area contributed by atoms with E-state index < -0.39 is 11.7 Å². The Hall–Kier alpha value is -1.14. The van der Waals surface area contributed by atoms with Crippen LogP contribution in [0.15, 0.2) is 24.3 Å². The molecular weight excluding hydrogens is 258 g/mol. The van der Waals surface area contributed by atoms with Gasteiger partial charge in [0.15, 0.2) is 0 Å². The van der Waals surface area contributed by atoms with Crippen LogP contribution in [0.2, 0.25) is 0 Å². The number of benzene rings is 1. The third-order valence-electron chi connectivity index (χ3n) is 3.91. The van der Waals surface area contributed by atoms with Crippen molar-refractivity contribution in [3.05, 3.63) is 29.8 Å². The zero-order valence-electron chi connectivity index (χ0n) is 12.0. The van der Waals surface area contributed by atoms with Crippen LogP contribution in [-0.2, 0) is 4.74 Å². The SMILES string of the molecule is COc1cccc(C(O)CNCC2(O)CCOC2C)c1. The summed E-state index contributed by atoms with van der Waals surface area (Å²) in [5.74, 6) is 0.720. The first-order chi connectivity index (χ1) is 9.55. The molecule has 0 radical (unpaired) electrons. The second-order valence-corrected chi connectivity index (χ2v) is 5.29. The molecule has 1 aromatic rings. The van der Waals surface area contributed by atoms with Gasteiger partial charge in [0.05, 0.1) is 19.3 Å². The maximum Gasteiger partial charge on any atom is 0.119 e.